The topological polar surface area (TPSA) is 104 Å². The van der Waals surface area contributed by atoms with Crippen LogP contribution in [0.25, 0.3) is 21.8 Å². The molecule has 1 aromatic heterocycles. The minimum Gasteiger partial charge on any atom is -0.490 e. The summed E-state index contributed by atoms with van der Waals surface area (Å²) in [5.74, 6) is 2.65. The molecule has 4 aromatic rings. The summed E-state index contributed by atoms with van der Waals surface area (Å²) >= 11 is 0. The number of aryl methyl sites for hydroxylation is 1. The molecule has 1 fully saturated rings. The summed E-state index contributed by atoms with van der Waals surface area (Å²) in [7, 11) is 0. The van der Waals surface area contributed by atoms with E-state index in [0.29, 0.717) is 12.4 Å². The van der Waals surface area contributed by atoms with Crippen molar-refractivity contribution in [3.05, 3.63) is 71.5 Å². The molecule has 4 N–H and O–H groups in total. The van der Waals surface area contributed by atoms with E-state index in [4.69, 9.17) is 26.3 Å². The van der Waals surface area contributed by atoms with Crippen molar-refractivity contribution < 1.29 is 4.74 Å². The first-order valence-corrected chi connectivity index (χ1v) is 12.8. The second-order valence-corrected chi connectivity index (χ2v) is 9.64. The quantitative estimate of drug-likeness (QED) is 0.245. The van der Waals surface area contributed by atoms with Gasteiger partial charge in [0.25, 0.3) is 0 Å². The molecule has 0 spiro atoms. The highest BCUT2D eigenvalue weighted by molar-refractivity contribution is 6.08. The van der Waals surface area contributed by atoms with Crippen molar-refractivity contribution in [3.63, 3.8) is 0 Å². The standard InChI is InChI=1S/C29H34N6O/c1-3-6-28-33-26-17-22(36-21-13-15-34(16-14-21)19(2)30)10-12-27(26)35(28)18-20-9-11-25(29(31)32)24-8-5-4-7-23(20)24/h4-5,7-12,17,21,30H,3,6,13-16,18H2,1-2H3,(H3,31,32). The highest BCUT2D eigenvalue weighted by Crippen LogP contribution is 2.29. The number of likely N-dealkylation sites (tertiary alicyclic amines) is 1. The lowest BCUT2D eigenvalue weighted by Gasteiger charge is -2.32. The van der Waals surface area contributed by atoms with Crippen LogP contribution in [0.3, 0.4) is 0 Å². The van der Waals surface area contributed by atoms with E-state index in [2.05, 4.69) is 46.7 Å². The lowest BCUT2D eigenvalue weighted by atomic mass is 9.99. The molecule has 0 aliphatic carbocycles. The van der Waals surface area contributed by atoms with Crippen LogP contribution in [-0.4, -0.2) is 45.3 Å². The summed E-state index contributed by atoms with van der Waals surface area (Å²) in [5, 5.41) is 17.9. The van der Waals surface area contributed by atoms with Crippen LogP contribution in [0.15, 0.2) is 54.6 Å². The van der Waals surface area contributed by atoms with Crippen molar-refractivity contribution in [2.24, 2.45) is 5.73 Å². The van der Waals surface area contributed by atoms with Crippen molar-refractivity contribution in [3.8, 4) is 5.75 Å². The first kappa shape index (κ1) is 23.9. The SMILES string of the molecule is CCCc1nc2cc(OC3CCN(C(C)=N)CC3)ccc2n1Cc1ccc(C(=N)N)c2ccccc12. The number of nitrogens with two attached hydrogens (primary N) is 1. The highest BCUT2D eigenvalue weighted by atomic mass is 16.5. The minimum atomic E-state index is 0.0867. The fourth-order valence-corrected chi connectivity index (χ4v) is 5.23. The van der Waals surface area contributed by atoms with Gasteiger partial charge in [-0.25, -0.2) is 4.98 Å². The van der Waals surface area contributed by atoms with Crippen molar-refractivity contribution in [2.45, 2.75) is 52.2 Å². The molecule has 5 rings (SSSR count). The van der Waals surface area contributed by atoms with E-state index < -0.39 is 0 Å². The first-order valence-electron chi connectivity index (χ1n) is 12.8. The Bertz CT molecular complexity index is 1430. The maximum atomic E-state index is 7.96. The molecule has 0 amide bonds. The number of rotatable bonds is 7. The number of nitrogen functional groups attached to an aromatic ring is 1. The monoisotopic (exact) mass is 482 g/mol. The normalized spacial score (nSPS) is 14.4. The van der Waals surface area contributed by atoms with Gasteiger partial charge in [-0.3, -0.25) is 10.8 Å². The van der Waals surface area contributed by atoms with Gasteiger partial charge in [-0.05, 0) is 41.8 Å². The number of nitrogens with zero attached hydrogens (tertiary/aromatic N) is 3. The molecule has 36 heavy (non-hydrogen) atoms. The Kier molecular flexibility index (Phi) is 6.63. The Hall–Kier alpha value is -3.87. The van der Waals surface area contributed by atoms with Crippen molar-refractivity contribution >= 4 is 33.5 Å². The third-order valence-electron chi connectivity index (χ3n) is 7.12. The van der Waals surface area contributed by atoms with E-state index in [1.165, 1.54) is 5.56 Å². The van der Waals surface area contributed by atoms with Gasteiger partial charge in [0.1, 0.15) is 23.5 Å². The van der Waals surface area contributed by atoms with Gasteiger partial charge in [0.05, 0.1) is 16.9 Å². The molecule has 1 saturated heterocycles. The Morgan fingerprint density at radius 1 is 1.06 bits per heavy atom. The zero-order valence-corrected chi connectivity index (χ0v) is 21.1. The van der Waals surface area contributed by atoms with Crippen molar-refractivity contribution in [1.29, 1.82) is 10.8 Å². The largest absolute Gasteiger partial charge is 0.490 e. The summed E-state index contributed by atoms with van der Waals surface area (Å²) in [5.41, 5.74) is 9.85. The number of fused-ring (bicyclic) bond motifs is 2. The fraction of sp³-hybridized carbons (Fsp3) is 0.345. The third kappa shape index (κ3) is 4.65. The number of hydrogen-bond acceptors (Lipinski definition) is 4. The number of piperidine rings is 1. The molecule has 0 bridgehead atoms. The van der Waals surface area contributed by atoms with Crippen LogP contribution in [0.5, 0.6) is 5.75 Å². The number of hydrogen-bond donors (Lipinski definition) is 3. The average molecular weight is 483 g/mol. The van der Waals surface area contributed by atoms with Gasteiger partial charge < -0.3 is 19.9 Å². The number of benzene rings is 3. The second kappa shape index (κ2) is 10.0. The molecule has 0 atom stereocenters. The molecule has 0 saturated carbocycles. The first-order chi connectivity index (χ1) is 17.4. The molecule has 3 aromatic carbocycles. The molecule has 1 aliphatic heterocycles. The lowest BCUT2D eigenvalue weighted by molar-refractivity contribution is 0.130. The molecule has 0 radical (unpaired) electrons. The third-order valence-corrected chi connectivity index (χ3v) is 7.12. The summed E-state index contributed by atoms with van der Waals surface area (Å²) in [6.45, 7) is 6.46. The van der Waals surface area contributed by atoms with Crippen molar-refractivity contribution in [2.75, 3.05) is 13.1 Å². The molecule has 186 valence electrons. The Morgan fingerprint density at radius 3 is 2.50 bits per heavy atom. The molecule has 1 aliphatic rings. The number of ether oxygens (including phenoxy) is 1. The number of amidine groups is 2. The van der Waals surface area contributed by atoms with Crippen LogP contribution in [-0.2, 0) is 13.0 Å². The maximum Gasteiger partial charge on any atom is 0.123 e. The molecular weight excluding hydrogens is 448 g/mol. The molecule has 7 nitrogen and oxygen atoms in total. The molecule has 0 unspecified atom stereocenters. The van der Waals surface area contributed by atoms with Crippen LogP contribution < -0.4 is 10.5 Å². The van der Waals surface area contributed by atoms with E-state index in [-0.39, 0.29) is 11.9 Å². The predicted octanol–water partition coefficient (Wildman–Crippen LogP) is 5.31. The van der Waals surface area contributed by atoms with E-state index in [1.54, 1.807) is 0 Å². The minimum absolute atomic E-state index is 0.0867. The fourth-order valence-electron chi connectivity index (χ4n) is 5.23. The summed E-state index contributed by atoms with van der Waals surface area (Å²) in [4.78, 5) is 7.11. The Morgan fingerprint density at radius 2 is 1.81 bits per heavy atom. The maximum absolute atomic E-state index is 7.96. The van der Waals surface area contributed by atoms with Crippen LogP contribution in [0, 0.1) is 10.8 Å². The van der Waals surface area contributed by atoms with Gasteiger partial charge in [-0.1, -0.05) is 43.3 Å². The van der Waals surface area contributed by atoms with Gasteiger partial charge in [-0.2, -0.15) is 0 Å². The second-order valence-electron chi connectivity index (χ2n) is 9.64. The van der Waals surface area contributed by atoms with Gasteiger partial charge in [0.15, 0.2) is 0 Å². The molecule has 7 heteroatoms. The Balaban J connectivity index is 1.45. The van der Waals surface area contributed by atoms with E-state index in [9.17, 15) is 0 Å². The zero-order valence-electron chi connectivity index (χ0n) is 21.1. The van der Waals surface area contributed by atoms with Crippen LogP contribution in [0.2, 0.25) is 0 Å². The predicted molar refractivity (Wildman–Crippen MR) is 146 cm³/mol. The summed E-state index contributed by atoms with van der Waals surface area (Å²) in [6, 6.07) is 18.4. The lowest BCUT2D eigenvalue weighted by Crippen LogP contribution is -2.40. The zero-order chi connectivity index (χ0) is 25.2. The Labute approximate surface area is 211 Å². The van der Waals surface area contributed by atoms with Crippen LogP contribution in [0.1, 0.15) is 50.1 Å². The average Bonchev–Trinajstić information content (AvgIpc) is 3.20. The number of nitrogens with one attached hydrogen (secondary N) is 2. The van der Waals surface area contributed by atoms with Crippen LogP contribution >= 0.6 is 0 Å². The molecular formula is C29H34N6O. The van der Waals surface area contributed by atoms with E-state index in [0.717, 1.165) is 77.7 Å². The smallest absolute Gasteiger partial charge is 0.123 e. The number of aromatic nitrogens is 2. The molecule has 2 heterocycles. The number of imidazole rings is 1. The van der Waals surface area contributed by atoms with Crippen LogP contribution in [0.4, 0.5) is 0 Å². The van der Waals surface area contributed by atoms with Gasteiger partial charge in [-0.15, -0.1) is 0 Å². The van der Waals surface area contributed by atoms with Gasteiger partial charge in [0.2, 0.25) is 0 Å². The highest BCUT2D eigenvalue weighted by Gasteiger charge is 2.21. The summed E-state index contributed by atoms with van der Waals surface area (Å²) in [6.07, 6.45) is 3.93. The van der Waals surface area contributed by atoms with E-state index in [1.807, 2.05) is 31.2 Å². The van der Waals surface area contributed by atoms with Crippen molar-refractivity contribution in [1.82, 2.24) is 14.5 Å². The van der Waals surface area contributed by atoms with E-state index >= 15 is 0 Å². The van der Waals surface area contributed by atoms with Gasteiger partial charge in [0, 0.05) is 50.5 Å². The van der Waals surface area contributed by atoms with Gasteiger partial charge >= 0.3 is 0 Å². The summed E-state index contributed by atoms with van der Waals surface area (Å²) < 4.78 is 8.64.